The minimum atomic E-state index is -4.49. The number of nitrogens with zero attached hydrogens (tertiary/aromatic N) is 2. The Kier molecular flexibility index (Phi) is 5.82. The molecule has 0 saturated carbocycles. The molecule has 10 heteroatoms. The lowest BCUT2D eigenvalue weighted by molar-refractivity contribution is -0.141. The Morgan fingerprint density at radius 1 is 1.33 bits per heavy atom. The van der Waals surface area contributed by atoms with Crippen molar-refractivity contribution < 1.29 is 17.4 Å². The van der Waals surface area contributed by atoms with Gasteiger partial charge in [-0.25, -0.2) is 9.19 Å². The molecule has 0 aromatic carbocycles. The van der Waals surface area contributed by atoms with E-state index in [1.165, 1.54) is 23.7 Å². The first-order chi connectivity index (χ1) is 11.1. The largest absolute Gasteiger partial charge is 0.433 e. The molecule has 0 spiro atoms. The number of hydrogen-bond donors (Lipinski definition) is 1. The number of pyridine rings is 1. The Morgan fingerprint density at radius 2 is 2.04 bits per heavy atom. The molecule has 0 aliphatic heterocycles. The molecule has 0 amide bonds. The van der Waals surface area contributed by atoms with Crippen LogP contribution in [0, 0.1) is 0 Å². The van der Waals surface area contributed by atoms with Gasteiger partial charge in [-0.1, -0.05) is 6.07 Å². The summed E-state index contributed by atoms with van der Waals surface area (Å²) >= 11 is 3.06. The molecule has 4 nitrogen and oxygen atoms in total. The van der Waals surface area contributed by atoms with E-state index >= 15 is 0 Å². The van der Waals surface area contributed by atoms with Crippen LogP contribution in [0.2, 0.25) is 0 Å². The number of thioether (sulfide) groups is 1. The third-order valence-electron chi connectivity index (χ3n) is 3.17. The molecule has 1 unspecified atom stereocenters. The lowest BCUT2D eigenvalue weighted by Gasteiger charge is -2.12. The van der Waals surface area contributed by atoms with Crippen molar-refractivity contribution in [3.63, 3.8) is 0 Å². The van der Waals surface area contributed by atoms with Crippen LogP contribution in [0.25, 0.3) is 0 Å². The van der Waals surface area contributed by atoms with Crippen LogP contribution in [0.4, 0.5) is 18.3 Å². The normalized spacial score (nSPS) is 14.2. The maximum atomic E-state index is 12.9. The highest BCUT2D eigenvalue weighted by atomic mass is 32.2. The van der Waals surface area contributed by atoms with E-state index in [9.17, 15) is 17.4 Å². The van der Waals surface area contributed by atoms with E-state index < -0.39 is 21.6 Å². The number of rotatable bonds is 5. The first-order valence-corrected chi connectivity index (χ1v) is 10.9. The third-order valence-corrected chi connectivity index (χ3v) is 6.98. The maximum Gasteiger partial charge on any atom is 0.433 e. The molecule has 2 rings (SSSR count). The summed E-state index contributed by atoms with van der Waals surface area (Å²) in [5.41, 5.74) is -0.583. The number of nitrogens with one attached hydrogen (secondary N) is 1. The van der Waals surface area contributed by atoms with E-state index in [0.717, 1.165) is 22.9 Å². The molecular weight excluding hydrogens is 379 g/mol. The van der Waals surface area contributed by atoms with Crippen molar-refractivity contribution in [3.8, 4) is 0 Å². The van der Waals surface area contributed by atoms with Crippen molar-refractivity contribution >= 4 is 42.8 Å². The van der Waals surface area contributed by atoms with E-state index in [0.29, 0.717) is 15.6 Å². The highest BCUT2D eigenvalue weighted by Gasteiger charge is 2.32. The topological polar surface area (TPSA) is 54.9 Å². The summed E-state index contributed by atoms with van der Waals surface area (Å²) in [6.07, 6.45) is 1.78. The summed E-state index contributed by atoms with van der Waals surface area (Å²) in [6, 6.07) is 2.16. The summed E-state index contributed by atoms with van der Waals surface area (Å²) in [6.45, 7) is 1.61. The lowest BCUT2D eigenvalue weighted by atomic mass is 10.2. The Morgan fingerprint density at radius 3 is 2.58 bits per heavy atom. The second kappa shape index (κ2) is 7.32. The van der Waals surface area contributed by atoms with E-state index in [1.54, 1.807) is 24.9 Å². The average Bonchev–Trinajstić information content (AvgIpc) is 2.92. The van der Waals surface area contributed by atoms with Crippen LogP contribution in [0.15, 0.2) is 24.5 Å². The second-order valence-corrected chi connectivity index (χ2v) is 9.48. The van der Waals surface area contributed by atoms with Crippen molar-refractivity contribution in [2.45, 2.75) is 18.9 Å². The Hall–Kier alpha value is -1.26. The van der Waals surface area contributed by atoms with E-state index in [-0.39, 0.29) is 0 Å². The molecule has 0 aliphatic rings. The first kappa shape index (κ1) is 19.1. The fourth-order valence-corrected chi connectivity index (χ4v) is 4.96. The molecule has 24 heavy (non-hydrogen) atoms. The minimum Gasteiger partial charge on any atom is -0.288 e. The summed E-state index contributed by atoms with van der Waals surface area (Å²) in [5.74, 6) is 0.815. The van der Waals surface area contributed by atoms with Gasteiger partial charge >= 0.3 is 6.18 Å². The minimum absolute atomic E-state index is 0.392. The molecule has 1 atom stereocenters. The Bertz CT molecular complexity index is 822. The van der Waals surface area contributed by atoms with Gasteiger partial charge < -0.3 is 0 Å². The highest BCUT2D eigenvalue weighted by Crippen LogP contribution is 2.27. The summed E-state index contributed by atoms with van der Waals surface area (Å²) < 4.78 is 53.4. The zero-order valence-electron chi connectivity index (χ0n) is 13.2. The van der Waals surface area contributed by atoms with Crippen LogP contribution in [0.1, 0.15) is 23.1 Å². The predicted molar refractivity (Wildman–Crippen MR) is 96.0 cm³/mol. The van der Waals surface area contributed by atoms with Crippen LogP contribution in [-0.2, 0) is 21.6 Å². The number of thiazole rings is 1. The number of hydrogen-bond acceptors (Lipinski definition) is 5. The van der Waals surface area contributed by atoms with Crippen LogP contribution in [0.5, 0.6) is 0 Å². The third kappa shape index (κ3) is 4.64. The molecular formula is C14H16F3N3OS3. The molecule has 1 N–H and O–H groups in total. The quantitative estimate of drug-likeness (QED) is 0.616. The van der Waals surface area contributed by atoms with Gasteiger partial charge in [0.1, 0.15) is 5.69 Å². The van der Waals surface area contributed by atoms with Gasteiger partial charge in [-0.05, 0) is 19.2 Å². The molecule has 0 bridgehead atoms. The summed E-state index contributed by atoms with van der Waals surface area (Å²) in [5, 5.41) is 0.519. The van der Waals surface area contributed by atoms with Gasteiger partial charge in [-0.15, -0.1) is 11.3 Å². The monoisotopic (exact) mass is 395 g/mol. The molecule has 0 radical (unpaired) electrons. The van der Waals surface area contributed by atoms with Gasteiger partial charge in [0.25, 0.3) is 0 Å². The molecule has 0 aliphatic carbocycles. The van der Waals surface area contributed by atoms with E-state index in [4.69, 9.17) is 0 Å². The number of aromatic nitrogens is 2. The van der Waals surface area contributed by atoms with Gasteiger partial charge in [0.15, 0.2) is 5.13 Å². The van der Waals surface area contributed by atoms with Gasteiger partial charge in [0.2, 0.25) is 0 Å². The van der Waals surface area contributed by atoms with Crippen LogP contribution >= 0.6 is 23.1 Å². The predicted octanol–water partition coefficient (Wildman–Crippen LogP) is 3.90. The molecule has 132 valence electrons. The van der Waals surface area contributed by atoms with Crippen molar-refractivity contribution in [2.24, 2.45) is 0 Å². The van der Waals surface area contributed by atoms with Crippen molar-refractivity contribution in [3.05, 3.63) is 40.7 Å². The zero-order valence-corrected chi connectivity index (χ0v) is 15.6. The molecule has 0 saturated heterocycles. The SMILES string of the molecule is CSCc1cnc(NS(C)(=O)=C(C)c2ccc(C(F)(F)F)nc2)s1. The Balaban J connectivity index is 2.28. The first-order valence-electron chi connectivity index (χ1n) is 6.71. The second-order valence-electron chi connectivity index (χ2n) is 5.00. The molecule has 2 aromatic heterocycles. The van der Waals surface area contributed by atoms with Crippen molar-refractivity contribution in [1.29, 1.82) is 0 Å². The fraction of sp³-hybridized carbons (Fsp3) is 0.357. The summed E-state index contributed by atoms with van der Waals surface area (Å²) in [4.78, 5) is 9.06. The van der Waals surface area contributed by atoms with Gasteiger partial charge in [-0.3, -0.25) is 9.71 Å². The Labute approximate surface area is 147 Å². The maximum absolute atomic E-state index is 12.9. The van der Waals surface area contributed by atoms with Crippen molar-refractivity contribution in [1.82, 2.24) is 9.97 Å². The van der Waals surface area contributed by atoms with Gasteiger partial charge in [-0.2, -0.15) is 24.9 Å². The highest BCUT2D eigenvalue weighted by molar-refractivity contribution is 8.03. The number of anilines is 1. The lowest BCUT2D eigenvalue weighted by Crippen LogP contribution is -2.20. The van der Waals surface area contributed by atoms with E-state index in [1.807, 2.05) is 6.26 Å². The van der Waals surface area contributed by atoms with Crippen molar-refractivity contribution in [2.75, 3.05) is 17.2 Å². The molecule has 0 fully saturated rings. The number of alkyl halides is 3. The smallest absolute Gasteiger partial charge is 0.288 e. The summed E-state index contributed by atoms with van der Waals surface area (Å²) in [7, 11) is -2.68. The standard InChI is InChI=1S/C14H16F3N3OS3/c1-9(10-4-5-12(18-6-10)14(15,16)17)24(3,21)20-13-19-7-11(23-13)8-22-2/h4-7H,8H2,1-3H3,(H,19,20,21). The van der Waals surface area contributed by atoms with Crippen LogP contribution in [-0.4, -0.2) is 31.6 Å². The van der Waals surface area contributed by atoms with Crippen LogP contribution in [0.3, 0.4) is 0 Å². The van der Waals surface area contributed by atoms with E-state index in [2.05, 4.69) is 14.7 Å². The number of halogens is 3. The molecule has 2 aromatic rings. The van der Waals surface area contributed by atoms with Gasteiger partial charge in [0, 0.05) is 39.7 Å². The molecule has 2 heterocycles. The van der Waals surface area contributed by atoms with Gasteiger partial charge in [0.05, 0.1) is 9.71 Å². The van der Waals surface area contributed by atoms with Crippen LogP contribution < -0.4 is 4.72 Å². The zero-order chi connectivity index (χ0) is 18.0. The fourth-order valence-electron chi connectivity index (χ4n) is 1.80. The average molecular weight is 395 g/mol.